The van der Waals surface area contributed by atoms with Crippen LogP contribution in [0.2, 0.25) is 39.3 Å². The van der Waals surface area contributed by atoms with Gasteiger partial charge < -0.3 is 5.73 Å². The van der Waals surface area contributed by atoms with Gasteiger partial charge in [-0.05, 0) is 0 Å². The summed E-state index contributed by atoms with van der Waals surface area (Å²) < 4.78 is 0. The highest BCUT2D eigenvalue weighted by atomic mass is 28.4. The standard InChI is InChI=1S/C9H21NSi2/c1-8-9(10,11(2,3)4)12(5,6)7/h1H,10H2,2-7H3. The molecule has 0 rings (SSSR count). The van der Waals surface area contributed by atoms with Crippen LogP contribution in [0.3, 0.4) is 0 Å². The Morgan fingerprint density at radius 1 is 1.00 bits per heavy atom. The Balaban J connectivity index is 5.14. The molecule has 1 nitrogen and oxygen atoms in total. The average molecular weight is 199 g/mol. The van der Waals surface area contributed by atoms with E-state index >= 15 is 0 Å². The highest BCUT2D eigenvalue weighted by molar-refractivity contribution is 6.99. The van der Waals surface area contributed by atoms with Crippen molar-refractivity contribution in [3.05, 3.63) is 0 Å². The first-order valence-electron chi connectivity index (χ1n) is 4.33. The van der Waals surface area contributed by atoms with Crippen molar-refractivity contribution in [1.29, 1.82) is 0 Å². The number of rotatable bonds is 2. The summed E-state index contributed by atoms with van der Waals surface area (Å²) >= 11 is 0. The largest absolute Gasteiger partial charge is 0.320 e. The third-order valence-electron chi connectivity index (χ3n) is 2.59. The van der Waals surface area contributed by atoms with Gasteiger partial charge in [0.05, 0.1) is 20.9 Å². The Labute approximate surface area is 78.8 Å². The molecule has 0 amide bonds. The van der Waals surface area contributed by atoms with Crippen LogP contribution in [0.25, 0.3) is 0 Å². The van der Waals surface area contributed by atoms with Gasteiger partial charge in [-0.1, -0.05) is 45.2 Å². The van der Waals surface area contributed by atoms with E-state index in [0.717, 1.165) is 0 Å². The summed E-state index contributed by atoms with van der Waals surface area (Å²) in [4.78, 5) is -0.278. The van der Waals surface area contributed by atoms with E-state index in [1.807, 2.05) is 0 Å². The quantitative estimate of drug-likeness (QED) is 0.535. The van der Waals surface area contributed by atoms with E-state index in [9.17, 15) is 0 Å². The van der Waals surface area contributed by atoms with Gasteiger partial charge in [0.25, 0.3) is 0 Å². The molecular formula is C9H21NSi2. The molecule has 2 N–H and O–H groups in total. The van der Waals surface area contributed by atoms with E-state index in [-0.39, 0.29) is 4.79 Å². The lowest BCUT2D eigenvalue weighted by atomic mass is 10.7. The number of hydrogen-bond acceptors (Lipinski definition) is 1. The maximum absolute atomic E-state index is 6.34. The number of hydrogen-bond donors (Lipinski definition) is 1. The van der Waals surface area contributed by atoms with Crippen LogP contribution in [0.15, 0.2) is 0 Å². The first-order valence-corrected chi connectivity index (χ1v) is 11.3. The van der Waals surface area contributed by atoms with Gasteiger partial charge in [-0.3, -0.25) is 0 Å². The molecule has 0 aliphatic carbocycles. The molecule has 0 atom stereocenters. The van der Waals surface area contributed by atoms with E-state index in [2.05, 4.69) is 45.2 Å². The van der Waals surface area contributed by atoms with Crippen molar-refractivity contribution in [3.63, 3.8) is 0 Å². The molecule has 12 heavy (non-hydrogen) atoms. The molecule has 0 saturated carbocycles. The van der Waals surface area contributed by atoms with E-state index < -0.39 is 16.1 Å². The summed E-state index contributed by atoms with van der Waals surface area (Å²) in [7, 11) is -2.89. The minimum Gasteiger partial charge on any atom is -0.320 e. The van der Waals surface area contributed by atoms with Gasteiger partial charge in [0.1, 0.15) is 0 Å². The smallest absolute Gasteiger partial charge is 0.0784 e. The molecule has 0 aliphatic rings. The Morgan fingerprint density at radius 2 is 1.25 bits per heavy atom. The molecule has 0 unspecified atom stereocenters. The van der Waals surface area contributed by atoms with Crippen molar-refractivity contribution >= 4 is 16.1 Å². The molecule has 0 aromatic carbocycles. The molecule has 3 heteroatoms. The molecule has 0 heterocycles. The molecule has 70 valence electrons. The molecule has 0 saturated heterocycles. The van der Waals surface area contributed by atoms with Crippen LogP contribution in [0.5, 0.6) is 0 Å². The molecule has 0 radical (unpaired) electrons. The van der Waals surface area contributed by atoms with E-state index in [4.69, 9.17) is 12.2 Å². The first-order chi connectivity index (χ1) is 5.06. The topological polar surface area (TPSA) is 26.0 Å². The fraction of sp³-hybridized carbons (Fsp3) is 0.778. The lowest BCUT2D eigenvalue weighted by Gasteiger charge is -2.45. The fourth-order valence-corrected chi connectivity index (χ4v) is 11.4. The van der Waals surface area contributed by atoms with Gasteiger partial charge in [0.2, 0.25) is 0 Å². The SMILES string of the molecule is C#CC(N)([Si](C)(C)C)[Si](C)(C)C. The van der Waals surface area contributed by atoms with E-state index in [1.165, 1.54) is 0 Å². The summed E-state index contributed by atoms with van der Waals surface area (Å²) in [5.41, 5.74) is 6.34. The molecule has 0 fully saturated rings. The maximum atomic E-state index is 6.34. The zero-order chi connectivity index (χ0) is 10.2. The molecule has 0 spiro atoms. The molecule has 0 aromatic rings. The minimum atomic E-state index is -1.44. The third kappa shape index (κ3) is 1.82. The summed E-state index contributed by atoms with van der Waals surface area (Å²) in [6, 6.07) is 0. The van der Waals surface area contributed by atoms with Crippen molar-refractivity contribution in [2.45, 2.75) is 44.1 Å². The fourth-order valence-electron chi connectivity index (χ4n) is 1.56. The Hall–Kier alpha value is -0.0462. The predicted molar refractivity (Wildman–Crippen MR) is 62.4 cm³/mol. The summed E-state index contributed by atoms with van der Waals surface area (Å²) in [5, 5.41) is 0. The lowest BCUT2D eigenvalue weighted by molar-refractivity contribution is 0.959. The van der Waals surface area contributed by atoms with Crippen molar-refractivity contribution in [1.82, 2.24) is 0 Å². The van der Waals surface area contributed by atoms with E-state index in [1.54, 1.807) is 0 Å². The van der Waals surface area contributed by atoms with Gasteiger partial charge in [-0.15, -0.1) is 6.42 Å². The van der Waals surface area contributed by atoms with Gasteiger partial charge in [0.15, 0.2) is 0 Å². The van der Waals surface area contributed by atoms with Gasteiger partial charge in [-0.2, -0.15) is 0 Å². The van der Waals surface area contributed by atoms with Crippen molar-refractivity contribution < 1.29 is 0 Å². The van der Waals surface area contributed by atoms with Crippen LogP contribution < -0.4 is 5.73 Å². The van der Waals surface area contributed by atoms with Gasteiger partial charge in [0, 0.05) is 0 Å². The van der Waals surface area contributed by atoms with Crippen LogP contribution in [-0.2, 0) is 0 Å². The number of terminal acetylenes is 1. The second-order valence-electron chi connectivity index (χ2n) is 5.45. The molecule has 0 bridgehead atoms. The van der Waals surface area contributed by atoms with Crippen LogP contribution in [0.1, 0.15) is 0 Å². The highest BCUT2D eigenvalue weighted by Gasteiger charge is 2.48. The van der Waals surface area contributed by atoms with Gasteiger partial charge in [-0.25, -0.2) is 0 Å². The van der Waals surface area contributed by atoms with Crippen molar-refractivity contribution in [2.75, 3.05) is 0 Å². The van der Waals surface area contributed by atoms with Crippen molar-refractivity contribution in [3.8, 4) is 12.3 Å². The second-order valence-corrected chi connectivity index (χ2v) is 16.5. The summed E-state index contributed by atoms with van der Waals surface area (Å²) in [5.74, 6) is 2.86. The maximum Gasteiger partial charge on any atom is 0.0784 e. The minimum absolute atomic E-state index is 0.278. The van der Waals surface area contributed by atoms with Crippen molar-refractivity contribution in [2.24, 2.45) is 5.73 Å². The average Bonchev–Trinajstić information content (AvgIpc) is 1.81. The van der Waals surface area contributed by atoms with Crippen LogP contribution >= 0.6 is 0 Å². The monoisotopic (exact) mass is 199 g/mol. The normalized spacial score (nSPS) is 14.2. The molecular weight excluding hydrogens is 178 g/mol. The van der Waals surface area contributed by atoms with Crippen LogP contribution in [-0.4, -0.2) is 20.9 Å². The van der Waals surface area contributed by atoms with E-state index in [0.29, 0.717) is 0 Å². The Bertz CT molecular complexity index is 188. The number of nitrogens with two attached hydrogens (primary N) is 1. The zero-order valence-electron chi connectivity index (χ0n) is 9.15. The lowest BCUT2D eigenvalue weighted by Crippen LogP contribution is -2.71. The molecule has 0 aliphatic heterocycles. The third-order valence-corrected chi connectivity index (χ3v) is 12.1. The van der Waals surface area contributed by atoms with Gasteiger partial charge >= 0.3 is 0 Å². The Kier molecular flexibility index (Phi) is 3.01. The predicted octanol–water partition coefficient (Wildman–Crippen LogP) is 2.07. The molecule has 0 aromatic heterocycles. The Morgan fingerprint density at radius 3 is 1.25 bits per heavy atom. The highest BCUT2D eigenvalue weighted by Crippen LogP contribution is 2.27. The second kappa shape index (κ2) is 3.02. The summed E-state index contributed by atoms with van der Waals surface area (Å²) in [6.07, 6.45) is 5.57. The first kappa shape index (κ1) is 12.0. The zero-order valence-corrected chi connectivity index (χ0v) is 11.2. The summed E-state index contributed by atoms with van der Waals surface area (Å²) in [6.45, 7) is 13.5. The van der Waals surface area contributed by atoms with Crippen LogP contribution in [0.4, 0.5) is 0 Å². The van der Waals surface area contributed by atoms with Crippen LogP contribution in [0, 0.1) is 12.3 Å².